The third-order valence-electron chi connectivity index (χ3n) is 2.29. The zero-order valence-corrected chi connectivity index (χ0v) is 9.62. The molecule has 0 saturated carbocycles. The summed E-state index contributed by atoms with van der Waals surface area (Å²) in [6, 6.07) is 2.07. The molecule has 84 valence electrons. The smallest absolute Gasteiger partial charge is 0.0918 e. The van der Waals surface area contributed by atoms with Gasteiger partial charge in [0, 0.05) is 26.6 Å². The minimum atomic E-state index is 0.239. The van der Waals surface area contributed by atoms with E-state index in [-0.39, 0.29) is 5.84 Å². The van der Waals surface area contributed by atoms with E-state index in [0.717, 1.165) is 18.8 Å². The van der Waals surface area contributed by atoms with Crippen molar-refractivity contribution in [3.8, 4) is 0 Å². The Bertz CT molecular complexity index is 342. The van der Waals surface area contributed by atoms with Gasteiger partial charge in [-0.2, -0.15) is 5.10 Å². The van der Waals surface area contributed by atoms with Crippen molar-refractivity contribution in [3.05, 3.63) is 17.5 Å². The molecule has 0 spiro atoms. The van der Waals surface area contributed by atoms with Crippen LogP contribution in [0.15, 0.2) is 6.07 Å². The van der Waals surface area contributed by atoms with Crippen molar-refractivity contribution >= 4 is 5.84 Å². The van der Waals surface area contributed by atoms with Gasteiger partial charge in [-0.15, -0.1) is 0 Å². The summed E-state index contributed by atoms with van der Waals surface area (Å²) < 4.78 is 1.89. The lowest BCUT2D eigenvalue weighted by molar-refractivity contribution is 0.326. The summed E-state index contributed by atoms with van der Waals surface area (Å²) in [6.07, 6.45) is 0.618. The standard InChI is InChI=1S/C10H19N5/c1-8-6-9(15(3)13-8)7-14(2)5-4-10(11)12/h6H,4-5,7H2,1-3H3,(H3,11,12). The Morgan fingerprint density at radius 3 is 2.80 bits per heavy atom. The normalized spacial score (nSPS) is 10.9. The molecule has 0 atom stereocenters. The molecular formula is C10H19N5. The number of hydrogen-bond acceptors (Lipinski definition) is 3. The average molecular weight is 209 g/mol. The molecule has 0 aliphatic heterocycles. The SMILES string of the molecule is Cc1cc(CN(C)CCC(=N)N)n(C)n1. The second-order valence-electron chi connectivity index (χ2n) is 3.91. The molecule has 0 saturated heterocycles. The van der Waals surface area contributed by atoms with Crippen LogP contribution in [0.4, 0.5) is 0 Å². The van der Waals surface area contributed by atoms with Crippen molar-refractivity contribution in [2.45, 2.75) is 19.9 Å². The monoisotopic (exact) mass is 209 g/mol. The van der Waals surface area contributed by atoms with Crippen LogP contribution in [0.25, 0.3) is 0 Å². The first-order valence-corrected chi connectivity index (χ1v) is 5.00. The predicted octanol–water partition coefficient (Wildman–Crippen LogP) is 0.486. The van der Waals surface area contributed by atoms with Gasteiger partial charge in [-0.05, 0) is 20.0 Å². The van der Waals surface area contributed by atoms with Crippen LogP contribution in [0.2, 0.25) is 0 Å². The summed E-state index contributed by atoms with van der Waals surface area (Å²) in [5.74, 6) is 0.239. The third-order valence-corrected chi connectivity index (χ3v) is 2.29. The van der Waals surface area contributed by atoms with Gasteiger partial charge in [0.25, 0.3) is 0 Å². The van der Waals surface area contributed by atoms with Crippen LogP contribution in [0.3, 0.4) is 0 Å². The molecule has 5 nitrogen and oxygen atoms in total. The van der Waals surface area contributed by atoms with Crippen LogP contribution in [0.5, 0.6) is 0 Å². The molecule has 5 heteroatoms. The highest BCUT2D eigenvalue weighted by Gasteiger charge is 2.05. The average Bonchev–Trinajstić information content (AvgIpc) is 2.42. The van der Waals surface area contributed by atoms with Gasteiger partial charge >= 0.3 is 0 Å². The Balaban J connectivity index is 2.47. The lowest BCUT2D eigenvalue weighted by atomic mass is 10.3. The molecule has 0 fully saturated rings. The second-order valence-corrected chi connectivity index (χ2v) is 3.91. The van der Waals surface area contributed by atoms with E-state index in [1.54, 1.807) is 0 Å². The molecule has 0 aliphatic rings. The van der Waals surface area contributed by atoms with Crippen molar-refractivity contribution < 1.29 is 0 Å². The van der Waals surface area contributed by atoms with E-state index in [2.05, 4.69) is 16.1 Å². The summed E-state index contributed by atoms with van der Waals surface area (Å²) in [4.78, 5) is 2.14. The first kappa shape index (κ1) is 11.7. The van der Waals surface area contributed by atoms with Gasteiger partial charge in [-0.3, -0.25) is 10.1 Å². The van der Waals surface area contributed by atoms with Crippen LogP contribution in [0.1, 0.15) is 17.8 Å². The lowest BCUT2D eigenvalue weighted by Crippen LogP contribution is -2.24. The van der Waals surface area contributed by atoms with Crippen molar-refractivity contribution in [1.82, 2.24) is 14.7 Å². The molecule has 1 rings (SSSR count). The highest BCUT2D eigenvalue weighted by atomic mass is 15.3. The largest absolute Gasteiger partial charge is 0.388 e. The minimum absolute atomic E-state index is 0.239. The van der Waals surface area contributed by atoms with Crippen molar-refractivity contribution in [2.75, 3.05) is 13.6 Å². The van der Waals surface area contributed by atoms with Crippen molar-refractivity contribution in [2.24, 2.45) is 12.8 Å². The first-order chi connectivity index (χ1) is 6.99. The highest BCUT2D eigenvalue weighted by molar-refractivity contribution is 5.76. The molecule has 1 aromatic rings. The second kappa shape index (κ2) is 4.93. The fourth-order valence-electron chi connectivity index (χ4n) is 1.48. The number of aryl methyl sites for hydroxylation is 2. The number of hydrogen-bond donors (Lipinski definition) is 2. The number of nitrogens with one attached hydrogen (secondary N) is 1. The summed E-state index contributed by atoms with van der Waals surface area (Å²) in [6.45, 7) is 3.63. The topological polar surface area (TPSA) is 70.9 Å². The summed E-state index contributed by atoms with van der Waals surface area (Å²) in [7, 11) is 3.96. The molecule has 3 N–H and O–H groups in total. The number of rotatable bonds is 5. The Morgan fingerprint density at radius 2 is 2.33 bits per heavy atom. The molecule has 0 bridgehead atoms. The van der Waals surface area contributed by atoms with E-state index in [9.17, 15) is 0 Å². The molecule has 0 unspecified atom stereocenters. The Hall–Kier alpha value is -1.36. The summed E-state index contributed by atoms with van der Waals surface area (Å²) in [5.41, 5.74) is 7.52. The molecule has 0 aliphatic carbocycles. The number of aromatic nitrogens is 2. The maximum Gasteiger partial charge on any atom is 0.0918 e. The molecule has 0 radical (unpaired) electrons. The first-order valence-electron chi connectivity index (χ1n) is 5.00. The van der Waals surface area contributed by atoms with Gasteiger partial charge in [-0.25, -0.2) is 0 Å². The zero-order valence-electron chi connectivity index (χ0n) is 9.62. The molecular weight excluding hydrogens is 190 g/mol. The van der Waals surface area contributed by atoms with E-state index in [0.29, 0.717) is 6.42 Å². The number of nitrogens with zero attached hydrogens (tertiary/aromatic N) is 3. The van der Waals surface area contributed by atoms with E-state index < -0.39 is 0 Å². The van der Waals surface area contributed by atoms with Gasteiger partial charge in [0.2, 0.25) is 0 Å². The van der Waals surface area contributed by atoms with Gasteiger partial charge in [0.15, 0.2) is 0 Å². The Labute approximate surface area is 90.4 Å². The molecule has 1 aromatic heterocycles. The molecule has 1 heterocycles. The van der Waals surface area contributed by atoms with Crippen LogP contribution >= 0.6 is 0 Å². The van der Waals surface area contributed by atoms with Gasteiger partial charge in [-0.1, -0.05) is 0 Å². The van der Waals surface area contributed by atoms with Crippen LogP contribution < -0.4 is 5.73 Å². The van der Waals surface area contributed by atoms with Crippen molar-refractivity contribution in [1.29, 1.82) is 5.41 Å². The highest BCUT2D eigenvalue weighted by Crippen LogP contribution is 2.04. The summed E-state index contributed by atoms with van der Waals surface area (Å²) >= 11 is 0. The Morgan fingerprint density at radius 1 is 1.67 bits per heavy atom. The van der Waals surface area contributed by atoms with Crippen LogP contribution in [-0.2, 0) is 13.6 Å². The fraction of sp³-hybridized carbons (Fsp3) is 0.600. The van der Waals surface area contributed by atoms with Gasteiger partial charge in [0.1, 0.15) is 0 Å². The predicted molar refractivity (Wildman–Crippen MR) is 60.8 cm³/mol. The van der Waals surface area contributed by atoms with Crippen molar-refractivity contribution in [3.63, 3.8) is 0 Å². The van der Waals surface area contributed by atoms with E-state index in [4.69, 9.17) is 11.1 Å². The van der Waals surface area contributed by atoms with E-state index >= 15 is 0 Å². The maximum atomic E-state index is 7.15. The zero-order chi connectivity index (χ0) is 11.4. The molecule has 0 amide bonds. The molecule has 15 heavy (non-hydrogen) atoms. The fourth-order valence-corrected chi connectivity index (χ4v) is 1.48. The van der Waals surface area contributed by atoms with Gasteiger partial charge < -0.3 is 10.6 Å². The van der Waals surface area contributed by atoms with Crippen LogP contribution in [-0.4, -0.2) is 34.1 Å². The number of nitrogens with two attached hydrogens (primary N) is 1. The van der Waals surface area contributed by atoms with E-state index in [1.807, 2.05) is 25.7 Å². The van der Waals surface area contributed by atoms with E-state index in [1.165, 1.54) is 5.69 Å². The van der Waals surface area contributed by atoms with Gasteiger partial charge in [0.05, 0.1) is 17.2 Å². The third kappa shape index (κ3) is 3.71. The van der Waals surface area contributed by atoms with Crippen LogP contribution in [0, 0.1) is 12.3 Å². The lowest BCUT2D eigenvalue weighted by Gasteiger charge is -2.15. The quantitative estimate of drug-likeness (QED) is 0.547. The maximum absolute atomic E-state index is 7.15. The number of amidine groups is 1. The molecule has 0 aromatic carbocycles. The minimum Gasteiger partial charge on any atom is -0.388 e. The summed E-state index contributed by atoms with van der Waals surface area (Å²) in [5, 5.41) is 11.4. The Kier molecular flexibility index (Phi) is 3.85.